The molecule has 1 unspecified atom stereocenters. The first-order valence-corrected chi connectivity index (χ1v) is 15.9. The number of pyridine rings is 2. The molecular weight excluding hydrogens is 564 g/mol. The zero-order chi connectivity index (χ0) is 29.5. The van der Waals surface area contributed by atoms with E-state index in [1.54, 1.807) is 0 Å². The van der Waals surface area contributed by atoms with Crippen LogP contribution in [0.2, 0.25) is 0 Å². The number of hydrogen-bond donors (Lipinski definition) is 0. The molecule has 0 saturated heterocycles. The highest BCUT2D eigenvalue weighted by molar-refractivity contribution is 6.32. The van der Waals surface area contributed by atoms with Crippen LogP contribution in [0.3, 0.4) is 0 Å². The number of hydrogen-bond acceptors (Lipinski definition) is 1. The molecule has 3 aliphatic heterocycles. The fraction of sp³-hybridized carbons (Fsp3) is 0.0244. The van der Waals surface area contributed by atoms with Gasteiger partial charge in [-0.15, -0.1) is 0 Å². The minimum Gasteiger partial charge on any atom is -0.456 e. The largest absolute Gasteiger partial charge is 0.456 e. The monoisotopic (exact) mass is 586 g/mol. The predicted octanol–water partition coefficient (Wildman–Crippen LogP) is 8.25. The molecule has 46 heavy (non-hydrogen) atoms. The highest BCUT2D eigenvalue weighted by Gasteiger charge is 2.64. The Bertz CT molecular complexity index is 3130. The summed E-state index contributed by atoms with van der Waals surface area (Å²) < 4.78 is 16.9. The van der Waals surface area contributed by atoms with Crippen molar-refractivity contribution in [2.45, 2.75) is 5.66 Å². The van der Waals surface area contributed by atoms with E-state index in [-0.39, 0.29) is 0 Å². The maximum absolute atomic E-state index is 6.96. The van der Waals surface area contributed by atoms with Crippen LogP contribution in [0.5, 0.6) is 11.5 Å². The number of imidazole rings is 1. The van der Waals surface area contributed by atoms with Crippen LogP contribution in [-0.2, 0) is 5.66 Å². The fourth-order valence-electron chi connectivity index (χ4n) is 9.60. The van der Waals surface area contributed by atoms with Gasteiger partial charge in [-0.2, -0.15) is 18.1 Å². The molecule has 210 valence electrons. The van der Waals surface area contributed by atoms with Gasteiger partial charge in [-0.3, -0.25) is 0 Å². The summed E-state index contributed by atoms with van der Waals surface area (Å²) in [5, 5.41) is 11.4. The number of fused-ring (bicyclic) bond motifs is 13. The predicted molar refractivity (Wildman–Crippen MR) is 180 cm³/mol. The lowest BCUT2D eigenvalue weighted by molar-refractivity contribution is -0.956. The quantitative estimate of drug-likeness (QED) is 0.130. The summed E-state index contributed by atoms with van der Waals surface area (Å²) in [7, 11) is 0. The molecule has 5 heteroatoms. The van der Waals surface area contributed by atoms with Gasteiger partial charge >= 0.3 is 5.66 Å². The molecule has 6 aromatic carbocycles. The van der Waals surface area contributed by atoms with Gasteiger partial charge in [-0.05, 0) is 58.6 Å². The van der Waals surface area contributed by atoms with Crippen LogP contribution in [0, 0.1) is 0 Å². The van der Waals surface area contributed by atoms with Crippen molar-refractivity contribution in [1.29, 1.82) is 0 Å². The Hall–Kier alpha value is -6.20. The molecule has 1 spiro atoms. The second-order valence-corrected chi connectivity index (χ2v) is 12.9. The van der Waals surface area contributed by atoms with Gasteiger partial charge in [0.1, 0.15) is 46.1 Å². The first-order chi connectivity index (χ1) is 22.9. The zero-order valence-corrected chi connectivity index (χ0v) is 24.4. The molecule has 0 fully saturated rings. The molecule has 5 nitrogen and oxygen atoms in total. The van der Waals surface area contributed by atoms with Gasteiger partial charge in [-0.25, -0.2) is 0 Å². The highest BCUT2D eigenvalue weighted by atomic mass is 16.5. The minimum absolute atomic E-state index is 0.664. The average Bonchev–Trinajstić information content (AvgIpc) is 3.79. The molecule has 0 bridgehead atoms. The number of aromatic nitrogens is 4. The van der Waals surface area contributed by atoms with Crippen molar-refractivity contribution >= 4 is 70.7 Å². The standard InChI is InChI=1S/C41H22N4O/c1-3-12-26-23(9-1)24-10-2-4-13-27(24)38-34(26)29-17-19-31-36-35(29)40-42(38)21-22-44(40)41(36)37-32(46-31)18-16-28-25-11-5-6-14-30(25)45(39(28)37)33-15-7-8-20-43(33)41/h1-22H/q+2. The Morgan fingerprint density at radius 3 is 2.04 bits per heavy atom. The van der Waals surface area contributed by atoms with Gasteiger partial charge in [0.15, 0.2) is 5.52 Å². The summed E-state index contributed by atoms with van der Waals surface area (Å²) in [5.41, 5.74) is 6.60. The third kappa shape index (κ3) is 2.08. The lowest BCUT2D eigenvalue weighted by atomic mass is 9.83. The van der Waals surface area contributed by atoms with E-state index in [0.29, 0.717) is 0 Å². The van der Waals surface area contributed by atoms with Crippen molar-refractivity contribution in [3.63, 3.8) is 0 Å². The number of nitrogens with zero attached hydrogens (tertiary/aromatic N) is 4. The lowest BCUT2D eigenvalue weighted by Gasteiger charge is -2.36. The summed E-state index contributed by atoms with van der Waals surface area (Å²) in [6, 6.07) is 42.1. The van der Waals surface area contributed by atoms with Crippen molar-refractivity contribution < 1.29 is 13.9 Å². The molecule has 1 atom stereocenters. The summed E-state index contributed by atoms with van der Waals surface area (Å²) in [4.78, 5) is 0. The summed E-state index contributed by atoms with van der Waals surface area (Å²) >= 11 is 0. The van der Waals surface area contributed by atoms with Crippen LogP contribution in [0.1, 0.15) is 11.1 Å². The fourth-order valence-corrected chi connectivity index (χ4v) is 9.60. The highest BCUT2D eigenvalue weighted by Crippen LogP contribution is 2.57. The van der Waals surface area contributed by atoms with Crippen LogP contribution in [-0.4, -0.2) is 8.97 Å². The first kappa shape index (κ1) is 22.3. The second kappa shape index (κ2) is 7.03. The van der Waals surface area contributed by atoms with Crippen molar-refractivity contribution in [3.8, 4) is 17.3 Å². The van der Waals surface area contributed by atoms with Crippen molar-refractivity contribution in [1.82, 2.24) is 8.97 Å². The van der Waals surface area contributed by atoms with E-state index in [1.165, 1.54) is 81.8 Å². The van der Waals surface area contributed by atoms with Gasteiger partial charge in [0.2, 0.25) is 0 Å². The van der Waals surface area contributed by atoms with Gasteiger partial charge < -0.3 is 4.74 Å². The van der Waals surface area contributed by atoms with E-state index in [1.807, 2.05) is 0 Å². The Balaban J connectivity index is 1.36. The average molecular weight is 587 g/mol. The molecule has 0 N–H and O–H groups in total. The Labute approximate surface area is 260 Å². The second-order valence-electron chi connectivity index (χ2n) is 12.9. The third-order valence-corrected chi connectivity index (χ3v) is 11.1. The third-order valence-electron chi connectivity index (χ3n) is 11.1. The molecule has 13 rings (SSSR count). The summed E-state index contributed by atoms with van der Waals surface area (Å²) in [5.74, 6) is 2.97. The Morgan fingerprint density at radius 1 is 0.500 bits per heavy atom. The van der Waals surface area contributed by atoms with E-state index >= 15 is 0 Å². The summed E-state index contributed by atoms with van der Waals surface area (Å²) in [6.45, 7) is 0. The Kier molecular flexibility index (Phi) is 3.41. The van der Waals surface area contributed by atoms with Crippen LogP contribution in [0.4, 0.5) is 0 Å². The minimum atomic E-state index is -0.664. The van der Waals surface area contributed by atoms with E-state index in [0.717, 1.165) is 17.3 Å². The lowest BCUT2D eigenvalue weighted by Crippen LogP contribution is -2.75. The number of ether oxygens (including phenoxy) is 1. The van der Waals surface area contributed by atoms with Gasteiger partial charge in [0, 0.05) is 33.0 Å². The topological polar surface area (TPSA) is 26.3 Å². The van der Waals surface area contributed by atoms with Gasteiger partial charge in [0.05, 0.1) is 11.6 Å². The smallest absolute Gasteiger partial charge is 0.318 e. The molecule has 3 aliphatic rings. The van der Waals surface area contributed by atoms with E-state index in [2.05, 4.69) is 152 Å². The molecular formula is C41H22N4O+2. The first-order valence-electron chi connectivity index (χ1n) is 15.9. The molecule has 10 aromatic rings. The number of para-hydroxylation sites is 1. The maximum Gasteiger partial charge on any atom is 0.318 e. The van der Waals surface area contributed by atoms with Crippen molar-refractivity contribution in [3.05, 3.63) is 145 Å². The molecule has 4 aromatic heterocycles. The van der Waals surface area contributed by atoms with Gasteiger partial charge in [0.25, 0.3) is 11.5 Å². The molecule has 7 heterocycles. The Morgan fingerprint density at radius 2 is 1.17 bits per heavy atom. The van der Waals surface area contributed by atoms with Crippen LogP contribution in [0.25, 0.3) is 76.5 Å². The number of benzene rings is 6. The molecule has 0 amide bonds. The van der Waals surface area contributed by atoms with E-state index in [4.69, 9.17) is 4.74 Å². The van der Waals surface area contributed by atoms with Crippen LogP contribution >= 0.6 is 0 Å². The zero-order valence-electron chi connectivity index (χ0n) is 24.4. The number of rotatable bonds is 0. The maximum atomic E-state index is 6.96. The van der Waals surface area contributed by atoms with Crippen LogP contribution < -0.4 is 13.9 Å². The summed E-state index contributed by atoms with van der Waals surface area (Å²) in [6.07, 6.45) is 6.85. The molecule has 0 saturated carbocycles. The molecule has 0 aliphatic carbocycles. The van der Waals surface area contributed by atoms with Crippen LogP contribution in [0.15, 0.2) is 134 Å². The van der Waals surface area contributed by atoms with Crippen molar-refractivity contribution in [2.24, 2.45) is 0 Å². The SMILES string of the molecule is c1cc[n+]2c(c1)-n1c3ccccc3c3ccc4c(c31)C21c2c(ccc3c2c2n(cc[n+]21)c1c2ccccc2c2ccccc2c31)O4. The van der Waals surface area contributed by atoms with Gasteiger partial charge in [-0.1, -0.05) is 66.7 Å². The molecule has 0 radical (unpaired) electrons. The van der Waals surface area contributed by atoms with Crippen molar-refractivity contribution in [2.75, 3.05) is 0 Å². The normalized spacial score (nSPS) is 17.0. The van der Waals surface area contributed by atoms with E-state index < -0.39 is 5.66 Å². The van der Waals surface area contributed by atoms with E-state index in [9.17, 15) is 0 Å².